The number of aliphatic hydroxyl groups excluding tert-OH is 1. The quantitative estimate of drug-likeness (QED) is 0.317. The maximum atomic E-state index is 14.0. The maximum Gasteiger partial charge on any atom is 0.300 e. The fourth-order valence-corrected chi connectivity index (χ4v) is 3.81. The Morgan fingerprint density at radius 2 is 1.76 bits per heavy atom. The van der Waals surface area contributed by atoms with E-state index in [0.29, 0.717) is 23.5 Å². The second-order valence-corrected chi connectivity index (χ2v) is 7.62. The zero-order valence-corrected chi connectivity index (χ0v) is 17.9. The van der Waals surface area contributed by atoms with Crippen molar-refractivity contribution in [2.45, 2.75) is 19.4 Å². The summed E-state index contributed by atoms with van der Waals surface area (Å²) in [5, 5.41) is 20.9. The first-order valence-electron chi connectivity index (χ1n) is 10.5. The number of phenolic OH excluding ortho intramolecular Hbond substituents is 1. The summed E-state index contributed by atoms with van der Waals surface area (Å²) in [6.45, 7) is 2.46. The molecular formula is C26H22FNO5. The topological polar surface area (TPSA) is 87.1 Å². The predicted octanol–water partition coefficient (Wildman–Crippen LogP) is 4.95. The van der Waals surface area contributed by atoms with Gasteiger partial charge in [0.05, 0.1) is 18.2 Å². The summed E-state index contributed by atoms with van der Waals surface area (Å²) in [5.41, 5.74) is 0.817. The molecule has 4 rings (SSSR count). The van der Waals surface area contributed by atoms with Crippen LogP contribution in [0.4, 0.5) is 10.1 Å². The van der Waals surface area contributed by atoms with Gasteiger partial charge in [-0.1, -0.05) is 37.3 Å². The lowest BCUT2D eigenvalue weighted by Crippen LogP contribution is -2.29. The molecule has 1 aliphatic rings. The van der Waals surface area contributed by atoms with E-state index in [2.05, 4.69) is 0 Å². The lowest BCUT2D eigenvalue weighted by molar-refractivity contribution is -0.132. The molecule has 3 aromatic carbocycles. The first-order chi connectivity index (χ1) is 15.9. The van der Waals surface area contributed by atoms with Crippen molar-refractivity contribution >= 4 is 23.1 Å². The van der Waals surface area contributed by atoms with E-state index >= 15 is 0 Å². The summed E-state index contributed by atoms with van der Waals surface area (Å²) in [7, 11) is 0. The zero-order chi connectivity index (χ0) is 23.5. The molecule has 0 aromatic heterocycles. The molecule has 1 saturated heterocycles. The van der Waals surface area contributed by atoms with Crippen molar-refractivity contribution in [3.8, 4) is 11.5 Å². The number of carbonyl (C=O) groups excluding carboxylic acids is 2. The molecule has 1 amide bonds. The van der Waals surface area contributed by atoms with Gasteiger partial charge in [-0.2, -0.15) is 0 Å². The van der Waals surface area contributed by atoms with Crippen LogP contribution in [-0.2, 0) is 9.59 Å². The Kier molecular flexibility index (Phi) is 6.13. The van der Waals surface area contributed by atoms with Gasteiger partial charge < -0.3 is 14.9 Å². The van der Waals surface area contributed by atoms with Crippen molar-refractivity contribution in [2.75, 3.05) is 11.5 Å². The summed E-state index contributed by atoms with van der Waals surface area (Å²) in [6.07, 6.45) is 0.801. The van der Waals surface area contributed by atoms with E-state index in [1.807, 2.05) is 6.92 Å². The molecule has 6 nitrogen and oxygen atoms in total. The minimum Gasteiger partial charge on any atom is -0.508 e. The number of ether oxygens (including phenoxy) is 1. The Morgan fingerprint density at radius 3 is 2.45 bits per heavy atom. The van der Waals surface area contributed by atoms with Crippen LogP contribution in [0.3, 0.4) is 0 Å². The molecule has 0 radical (unpaired) electrons. The van der Waals surface area contributed by atoms with Crippen LogP contribution in [0, 0.1) is 5.82 Å². The third kappa shape index (κ3) is 4.30. The SMILES string of the molecule is CCCOc1cccc(/C(O)=C2\C(=O)C(=O)N(c3cccc(F)c3)C2c2ccc(O)cc2)c1. The van der Waals surface area contributed by atoms with Crippen LogP contribution in [0.5, 0.6) is 11.5 Å². The average Bonchev–Trinajstić information content (AvgIpc) is 3.08. The van der Waals surface area contributed by atoms with Crippen molar-refractivity contribution in [2.24, 2.45) is 0 Å². The fraction of sp³-hybridized carbons (Fsp3) is 0.154. The number of ketones is 1. The summed E-state index contributed by atoms with van der Waals surface area (Å²) in [6, 6.07) is 16.9. The molecular weight excluding hydrogens is 425 g/mol. The molecule has 0 aliphatic carbocycles. The Balaban J connectivity index is 1.89. The van der Waals surface area contributed by atoms with Crippen molar-refractivity contribution in [1.29, 1.82) is 0 Å². The van der Waals surface area contributed by atoms with Crippen LogP contribution < -0.4 is 9.64 Å². The van der Waals surface area contributed by atoms with Crippen LogP contribution in [0.15, 0.2) is 78.4 Å². The fourth-order valence-electron chi connectivity index (χ4n) is 3.81. The maximum absolute atomic E-state index is 14.0. The highest BCUT2D eigenvalue weighted by atomic mass is 19.1. The highest BCUT2D eigenvalue weighted by Gasteiger charge is 2.47. The van der Waals surface area contributed by atoms with E-state index in [-0.39, 0.29) is 22.8 Å². The van der Waals surface area contributed by atoms with E-state index in [9.17, 15) is 24.2 Å². The predicted molar refractivity (Wildman–Crippen MR) is 122 cm³/mol. The standard InChI is InChI=1S/C26H22FNO5/c1-2-13-33-21-8-3-5-17(14-21)24(30)22-23(16-9-11-20(29)12-10-16)28(26(32)25(22)31)19-7-4-6-18(27)15-19/h3-12,14-15,23,29-30H,2,13H2,1H3/b24-22+. The van der Waals surface area contributed by atoms with E-state index < -0.39 is 23.5 Å². The monoisotopic (exact) mass is 447 g/mol. The van der Waals surface area contributed by atoms with Crippen LogP contribution in [0.25, 0.3) is 5.76 Å². The third-order valence-electron chi connectivity index (χ3n) is 5.32. The molecule has 0 saturated carbocycles. The highest BCUT2D eigenvalue weighted by molar-refractivity contribution is 6.51. The van der Waals surface area contributed by atoms with Gasteiger partial charge in [-0.25, -0.2) is 4.39 Å². The number of benzene rings is 3. The van der Waals surface area contributed by atoms with Crippen molar-refractivity contribution in [3.05, 3.63) is 95.3 Å². The molecule has 7 heteroatoms. The molecule has 1 aliphatic heterocycles. The number of anilines is 1. The number of rotatable bonds is 6. The van der Waals surface area contributed by atoms with Crippen molar-refractivity contribution in [1.82, 2.24) is 0 Å². The lowest BCUT2D eigenvalue weighted by atomic mass is 9.95. The summed E-state index contributed by atoms with van der Waals surface area (Å²) >= 11 is 0. The minimum absolute atomic E-state index is 0.00207. The second kappa shape index (κ2) is 9.16. The van der Waals surface area contributed by atoms with E-state index in [0.717, 1.165) is 17.4 Å². The second-order valence-electron chi connectivity index (χ2n) is 7.62. The summed E-state index contributed by atoms with van der Waals surface area (Å²) in [4.78, 5) is 27.3. The van der Waals surface area contributed by atoms with Crippen LogP contribution in [-0.4, -0.2) is 28.5 Å². The number of nitrogens with zero attached hydrogens (tertiary/aromatic N) is 1. The Bertz CT molecular complexity index is 1240. The molecule has 2 N–H and O–H groups in total. The molecule has 0 bridgehead atoms. The molecule has 3 aromatic rings. The largest absolute Gasteiger partial charge is 0.508 e. The Labute approximate surface area is 190 Å². The van der Waals surface area contributed by atoms with Gasteiger partial charge in [0.2, 0.25) is 0 Å². The number of hydrogen-bond donors (Lipinski definition) is 2. The van der Waals surface area contributed by atoms with Crippen molar-refractivity contribution < 1.29 is 28.9 Å². The van der Waals surface area contributed by atoms with Crippen molar-refractivity contribution in [3.63, 3.8) is 0 Å². The molecule has 1 heterocycles. The van der Waals surface area contributed by atoms with Gasteiger partial charge in [0, 0.05) is 11.3 Å². The van der Waals surface area contributed by atoms with Gasteiger partial charge in [-0.3, -0.25) is 14.5 Å². The van der Waals surface area contributed by atoms with E-state index in [1.54, 1.807) is 36.4 Å². The minimum atomic E-state index is -1.02. The molecule has 168 valence electrons. The van der Waals surface area contributed by atoms with E-state index in [4.69, 9.17) is 4.74 Å². The number of hydrogen-bond acceptors (Lipinski definition) is 5. The Hall–Kier alpha value is -4.13. The molecule has 1 fully saturated rings. The average molecular weight is 447 g/mol. The van der Waals surface area contributed by atoms with Crippen LogP contribution >= 0.6 is 0 Å². The molecule has 1 unspecified atom stereocenters. The number of carbonyl (C=O) groups is 2. The Morgan fingerprint density at radius 1 is 1.03 bits per heavy atom. The summed E-state index contributed by atoms with van der Waals surface area (Å²) < 4.78 is 19.6. The third-order valence-corrected chi connectivity index (χ3v) is 5.32. The first-order valence-corrected chi connectivity index (χ1v) is 10.5. The van der Waals surface area contributed by atoms with Crippen LogP contribution in [0.1, 0.15) is 30.5 Å². The smallest absolute Gasteiger partial charge is 0.300 e. The number of aliphatic hydroxyl groups is 1. The molecule has 33 heavy (non-hydrogen) atoms. The zero-order valence-electron chi connectivity index (χ0n) is 17.9. The van der Waals surface area contributed by atoms with Gasteiger partial charge in [0.1, 0.15) is 23.1 Å². The number of Topliss-reactive ketones (excluding diaryl/α,β-unsaturated/α-hetero) is 1. The number of aromatic hydroxyl groups is 1. The first kappa shape index (κ1) is 22.1. The number of phenols is 1. The van der Waals surface area contributed by atoms with Gasteiger partial charge in [0.25, 0.3) is 11.7 Å². The number of halogens is 1. The normalized spacial score (nSPS) is 17.4. The number of amides is 1. The van der Waals surface area contributed by atoms with Crippen LogP contribution in [0.2, 0.25) is 0 Å². The van der Waals surface area contributed by atoms with Gasteiger partial charge >= 0.3 is 0 Å². The van der Waals surface area contributed by atoms with E-state index in [1.165, 1.54) is 30.3 Å². The highest BCUT2D eigenvalue weighted by Crippen LogP contribution is 2.42. The molecule has 1 atom stereocenters. The van der Waals surface area contributed by atoms with Gasteiger partial charge in [-0.15, -0.1) is 0 Å². The summed E-state index contributed by atoms with van der Waals surface area (Å²) in [5.74, 6) is -2.20. The van der Waals surface area contributed by atoms with Gasteiger partial charge in [-0.05, 0) is 54.4 Å². The van der Waals surface area contributed by atoms with Gasteiger partial charge in [0.15, 0.2) is 0 Å². The lowest BCUT2D eigenvalue weighted by Gasteiger charge is -2.25. The molecule has 0 spiro atoms.